The summed E-state index contributed by atoms with van der Waals surface area (Å²) < 4.78 is 38.2. The molecule has 1 aromatic rings. The standard InChI is InChI=1S/C21H32N2O5S/c1-3-4-6-16-7-5-8-18(16)22-21(24)17-9-10-19(27-2)20(15-17)29(25,26)23-11-13-28-14-12-23/h9-10,15-16,18H,3-8,11-14H2,1-2H3,(H,22,24). The number of nitrogens with one attached hydrogen (secondary N) is 1. The number of hydrogen-bond acceptors (Lipinski definition) is 5. The number of nitrogens with zero attached hydrogens (tertiary/aromatic N) is 1. The monoisotopic (exact) mass is 424 g/mol. The van der Waals surface area contributed by atoms with E-state index in [4.69, 9.17) is 9.47 Å². The maximum atomic E-state index is 13.1. The fourth-order valence-corrected chi connectivity index (χ4v) is 5.83. The second-order valence-corrected chi connectivity index (χ2v) is 9.70. The Labute approximate surface area is 173 Å². The van der Waals surface area contributed by atoms with E-state index < -0.39 is 10.0 Å². The molecule has 3 rings (SSSR count). The van der Waals surface area contributed by atoms with Gasteiger partial charge in [0.05, 0.1) is 20.3 Å². The Balaban J connectivity index is 1.80. The zero-order valence-electron chi connectivity index (χ0n) is 17.4. The van der Waals surface area contributed by atoms with Crippen molar-refractivity contribution in [3.8, 4) is 5.75 Å². The van der Waals surface area contributed by atoms with Crippen LogP contribution in [0.15, 0.2) is 23.1 Å². The highest BCUT2D eigenvalue weighted by Gasteiger charge is 2.31. The van der Waals surface area contributed by atoms with Gasteiger partial charge in [-0.15, -0.1) is 0 Å². The number of morpholine rings is 1. The second-order valence-electron chi connectivity index (χ2n) is 7.80. The van der Waals surface area contributed by atoms with Crippen LogP contribution in [0.5, 0.6) is 5.75 Å². The molecular weight excluding hydrogens is 392 g/mol. The molecule has 2 aliphatic rings. The first kappa shape index (κ1) is 22.1. The maximum Gasteiger partial charge on any atom is 0.251 e. The van der Waals surface area contributed by atoms with Gasteiger partial charge >= 0.3 is 0 Å². The number of rotatable bonds is 8. The fraction of sp³-hybridized carbons (Fsp3) is 0.667. The minimum Gasteiger partial charge on any atom is -0.495 e. The summed E-state index contributed by atoms with van der Waals surface area (Å²) in [6, 6.07) is 4.79. The van der Waals surface area contributed by atoms with E-state index in [1.54, 1.807) is 12.1 Å². The Morgan fingerprint density at radius 1 is 1.28 bits per heavy atom. The Morgan fingerprint density at radius 2 is 2.03 bits per heavy atom. The van der Waals surface area contributed by atoms with Crippen LogP contribution in [0.3, 0.4) is 0 Å². The lowest BCUT2D eigenvalue weighted by Gasteiger charge is -2.27. The highest BCUT2D eigenvalue weighted by atomic mass is 32.2. The molecule has 1 aliphatic heterocycles. The van der Waals surface area contributed by atoms with Crippen molar-refractivity contribution in [3.63, 3.8) is 0 Å². The number of amides is 1. The van der Waals surface area contributed by atoms with Crippen molar-refractivity contribution in [1.29, 1.82) is 0 Å². The quantitative estimate of drug-likeness (QED) is 0.694. The van der Waals surface area contributed by atoms with Gasteiger partial charge in [-0.05, 0) is 43.4 Å². The number of carbonyl (C=O) groups is 1. The minimum absolute atomic E-state index is 0.0310. The summed E-state index contributed by atoms with van der Waals surface area (Å²) in [5.41, 5.74) is 0.346. The Bertz CT molecular complexity index is 805. The molecule has 1 saturated carbocycles. The Kier molecular flexibility index (Phi) is 7.54. The van der Waals surface area contributed by atoms with E-state index in [1.165, 1.54) is 23.9 Å². The van der Waals surface area contributed by atoms with Crippen molar-refractivity contribution in [3.05, 3.63) is 23.8 Å². The first-order valence-corrected chi connectivity index (χ1v) is 12.0. The van der Waals surface area contributed by atoms with Crippen LogP contribution in [0, 0.1) is 5.92 Å². The summed E-state index contributed by atoms with van der Waals surface area (Å²) in [5.74, 6) is 0.530. The first-order chi connectivity index (χ1) is 14.0. The molecule has 2 fully saturated rings. The van der Waals surface area contributed by atoms with Crippen LogP contribution in [0.4, 0.5) is 0 Å². The van der Waals surface area contributed by atoms with E-state index in [0.717, 1.165) is 32.1 Å². The van der Waals surface area contributed by atoms with Crippen molar-refractivity contribution >= 4 is 15.9 Å². The van der Waals surface area contributed by atoms with Crippen LogP contribution in [0.25, 0.3) is 0 Å². The molecule has 0 radical (unpaired) electrons. The van der Waals surface area contributed by atoms with Gasteiger partial charge in [-0.3, -0.25) is 4.79 Å². The lowest BCUT2D eigenvalue weighted by Crippen LogP contribution is -2.41. The number of benzene rings is 1. The molecule has 0 spiro atoms. The largest absolute Gasteiger partial charge is 0.495 e. The lowest BCUT2D eigenvalue weighted by atomic mass is 9.96. The van der Waals surface area contributed by atoms with Crippen molar-refractivity contribution in [1.82, 2.24) is 9.62 Å². The summed E-state index contributed by atoms with van der Waals surface area (Å²) in [5, 5.41) is 3.14. The SMILES string of the molecule is CCCCC1CCCC1NC(=O)c1ccc(OC)c(S(=O)(=O)N2CCOCC2)c1. The Morgan fingerprint density at radius 3 is 2.72 bits per heavy atom. The Hall–Kier alpha value is -1.64. The smallest absolute Gasteiger partial charge is 0.251 e. The number of sulfonamides is 1. The van der Waals surface area contributed by atoms with Crippen LogP contribution in [-0.2, 0) is 14.8 Å². The van der Waals surface area contributed by atoms with Crippen LogP contribution in [0.1, 0.15) is 55.8 Å². The number of carbonyl (C=O) groups excluding carboxylic acids is 1. The molecule has 2 unspecified atom stereocenters. The number of methoxy groups -OCH3 is 1. The zero-order valence-corrected chi connectivity index (χ0v) is 18.2. The van der Waals surface area contributed by atoms with Crippen LogP contribution >= 0.6 is 0 Å². The van der Waals surface area contributed by atoms with Gasteiger partial charge in [0.15, 0.2) is 0 Å². The third-order valence-electron chi connectivity index (χ3n) is 5.92. The molecule has 1 heterocycles. The van der Waals surface area contributed by atoms with Crippen molar-refractivity contribution in [2.24, 2.45) is 5.92 Å². The second kappa shape index (κ2) is 9.91. The molecule has 162 valence electrons. The molecule has 0 aromatic heterocycles. The van der Waals surface area contributed by atoms with Crippen molar-refractivity contribution < 1.29 is 22.7 Å². The van der Waals surface area contributed by atoms with Crippen molar-refractivity contribution in [2.75, 3.05) is 33.4 Å². The van der Waals surface area contributed by atoms with Gasteiger partial charge in [0.1, 0.15) is 10.6 Å². The predicted molar refractivity (Wildman–Crippen MR) is 111 cm³/mol. The maximum absolute atomic E-state index is 13.1. The molecule has 1 aliphatic carbocycles. The highest BCUT2D eigenvalue weighted by molar-refractivity contribution is 7.89. The van der Waals surface area contributed by atoms with Gasteiger partial charge in [-0.1, -0.05) is 26.2 Å². The molecular formula is C21H32N2O5S. The van der Waals surface area contributed by atoms with E-state index in [1.807, 2.05) is 0 Å². The molecule has 2 atom stereocenters. The topological polar surface area (TPSA) is 84.9 Å². The average molecular weight is 425 g/mol. The van der Waals surface area contributed by atoms with Crippen LogP contribution in [0.2, 0.25) is 0 Å². The minimum atomic E-state index is -3.76. The highest BCUT2D eigenvalue weighted by Crippen LogP contribution is 2.31. The van der Waals surface area contributed by atoms with E-state index in [2.05, 4.69) is 12.2 Å². The summed E-state index contributed by atoms with van der Waals surface area (Å²) in [6.07, 6.45) is 6.69. The summed E-state index contributed by atoms with van der Waals surface area (Å²) in [7, 11) is -2.33. The molecule has 8 heteroatoms. The molecule has 29 heavy (non-hydrogen) atoms. The number of ether oxygens (including phenoxy) is 2. The van der Waals surface area contributed by atoms with Gasteiger partial charge in [-0.25, -0.2) is 8.42 Å². The number of hydrogen-bond donors (Lipinski definition) is 1. The van der Waals surface area contributed by atoms with Crippen LogP contribution < -0.4 is 10.1 Å². The van der Waals surface area contributed by atoms with Gasteiger partial charge in [0.25, 0.3) is 5.91 Å². The normalized spacial score (nSPS) is 23.1. The number of unbranched alkanes of at least 4 members (excludes halogenated alkanes) is 1. The average Bonchev–Trinajstić information content (AvgIpc) is 3.19. The van der Waals surface area contributed by atoms with Crippen molar-refractivity contribution in [2.45, 2.75) is 56.4 Å². The summed E-state index contributed by atoms with van der Waals surface area (Å²) in [6.45, 7) is 3.49. The molecule has 1 saturated heterocycles. The first-order valence-electron chi connectivity index (χ1n) is 10.5. The van der Waals surface area contributed by atoms with E-state index in [-0.39, 0.29) is 22.6 Å². The predicted octanol–water partition coefficient (Wildman–Crippen LogP) is 2.80. The molecule has 1 N–H and O–H groups in total. The van der Waals surface area contributed by atoms with Gasteiger partial charge in [0.2, 0.25) is 10.0 Å². The van der Waals surface area contributed by atoms with Gasteiger partial charge in [0, 0.05) is 24.7 Å². The third kappa shape index (κ3) is 5.10. The van der Waals surface area contributed by atoms with E-state index >= 15 is 0 Å². The van der Waals surface area contributed by atoms with Gasteiger partial charge < -0.3 is 14.8 Å². The summed E-state index contributed by atoms with van der Waals surface area (Å²) >= 11 is 0. The molecule has 0 bridgehead atoms. The fourth-order valence-electron chi connectivity index (χ4n) is 4.24. The zero-order chi connectivity index (χ0) is 20.9. The van der Waals surface area contributed by atoms with Gasteiger partial charge in [-0.2, -0.15) is 4.31 Å². The summed E-state index contributed by atoms with van der Waals surface area (Å²) in [4.78, 5) is 12.9. The molecule has 1 amide bonds. The van der Waals surface area contributed by atoms with E-state index in [0.29, 0.717) is 37.8 Å². The lowest BCUT2D eigenvalue weighted by molar-refractivity contribution is 0.0729. The van der Waals surface area contributed by atoms with Crippen LogP contribution in [-0.4, -0.2) is 58.1 Å². The van der Waals surface area contributed by atoms with E-state index in [9.17, 15) is 13.2 Å². The molecule has 7 nitrogen and oxygen atoms in total. The third-order valence-corrected chi connectivity index (χ3v) is 7.84. The molecule has 1 aromatic carbocycles.